The number of carbonyl (C=O) groups is 2. The number of likely N-dealkylation sites (tertiary alicyclic amines) is 1. The van der Waals surface area contributed by atoms with Crippen molar-refractivity contribution in [3.05, 3.63) is 53.2 Å². The van der Waals surface area contributed by atoms with Gasteiger partial charge in [0, 0.05) is 50.5 Å². The van der Waals surface area contributed by atoms with Crippen LogP contribution in [0.3, 0.4) is 0 Å². The van der Waals surface area contributed by atoms with Gasteiger partial charge < -0.3 is 20.4 Å². The third-order valence-electron chi connectivity index (χ3n) is 6.57. The minimum Gasteiger partial charge on any atom is -0.357 e. The van der Waals surface area contributed by atoms with E-state index in [1.54, 1.807) is 6.20 Å². The lowest BCUT2D eigenvalue weighted by atomic mass is 9.92. The van der Waals surface area contributed by atoms with Gasteiger partial charge in [-0.3, -0.25) is 4.79 Å². The first-order valence-corrected chi connectivity index (χ1v) is 12.1. The Morgan fingerprint density at radius 3 is 2.52 bits per heavy atom. The molecular weight excluding hydrogens is 438 g/mol. The molecule has 1 unspecified atom stereocenters. The summed E-state index contributed by atoms with van der Waals surface area (Å²) in [6.45, 7) is 5.75. The molecule has 1 atom stereocenters. The number of rotatable bonds is 5. The first kappa shape index (κ1) is 23.4. The molecule has 2 fully saturated rings. The number of benzene rings is 1. The van der Waals surface area contributed by atoms with Crippen LogP contribution in [-0.2, 0) is 4.79 Å². The Labute approximate surface area is 200 Å². The first-order chi connectivity index (χ1) is 16.0. The molecule has 33 heavy (non-hydrogen) atoms. The number of aromatic nitrogens is 1. The molecule has 3 amide bonds. The maximum atomic E-state index is 13.2. The zero-order valence-electron chi connectivity index (χ0n) is 19.1. The summed E-state index contributed by atoms with van der Waals surface area (Å²) >= 11 is 5.94. The van der Waals surface area contributed by atoms with Crippen molar-refractivity contribution in [1.82, 2.24) is 15.2 Å². The van der Waals surface area contributed by atoms with Gasteiger partial charge in [0.1, 0.15) is 5.82 Å². The number of nitrogens with zero attached hydrogens (tertiary/aromatic N) is 3. The number of pyridine rings is 1. The first-order valence-electron chi connectivity index (χ1n) is 11.7. The van der Waals surface area contributed by atoms with Crippen molar-refractivity contribution in [3.63, 3.8) is 0 Å². The van der Waals surface area contributed by atoms with E-state index in [4.69, 9.17) is 11.6 Å². The van der Waals surface area contributed by atoms with Gasteiger partial charge in [0.05, 0.1) is 5.02 Å². The lowest BCUT2D eigenvalue weighted by molar-refractivity contribution is -0.138. The third-order valence-corrected chi connectivity index (χ3v) is 6.79. The molecule has 2 saturated heterocycles. The van der Waals surface area contributed by atoms with Crippen LogP contribution < -0.4 is 15.5 Å². The van der Waals surface area contributed by atoms with Gasteiger partial charge in [-0.1, -0.05) is 29.3 Å². The van der Waals surface area contributed by atoms with Gasteiger partial charge in [-0.05, 0) is 62.8 Å². The molecule has 0 radical (unpaired) electrons. The van der Waals surface area contributed by atoms with Crippen LogP contribution in [0.4, 0.5) is 16.3 Å². The molecule has 1 aromatic carbocycles. The van der Waals surface area contributed by atoms with E-state index in [2.05, 4.69) is 20.5 Å². The van der Waals surface area contributed by atoms with Crippen molar-refractivity contribution in [2.24, 2.45) is 11.8 Å². The fourth-order valence-corrected chi connectivity index (χ4v) is 4.76. The Bertz CT molecular complexity index is 942. The van der Waals surface area contributed by atoms with Crippen LogP contribution in [0.1, 0.15) is 31.2 Å². The van der Waals surface area contributed by atoms with Crippen LogP contribution in [0.15, 0.2) is 42.6 Å². The number of aryl methyl sites for hydroxylation is 1. The molecule has 2 aromatic rings. The monoisotopic (exact) mass is 469 g/mol. The maximum absolute atomic E-state index is 13.2. The minimum atomic E-state index is -0.203. The van der Waals surface area contributed by atoms with E-state index < -0.39 is 0 Å². The van der Waals surface area contributed by atoms with Gasteiger partial charge in [0.25, 0.3) is 0 Å². The molecule has 7 nitrogen and oxygen atoms in total. The van der Waals surface area contributed by atoms with Gasteiger partial charge >= 0.3 is 6.03 Å². The van der Waals surface area contributed by atoms with Crippen LogP contribution in [0.5, 0.6) is 0 Å². The largest absolute Gasteiger partial charge is 0.357 e. The summed E-state index contributed by atoms with van der Waals surface area (Å²) in [7, 11) is 0. The molecule has 0 saturated carbocycles. The molecule has 0 spiro atoms. The molecule has 0 bridgehead atoms. The summed E-state index contributed by atoms with van der Waals surface area (Å²) in [5, 5.41) is 6.47. The predicted octanol–water partition coefficient (Wildman–Crippen LogP) is 4.32. The maximum Gasteiger partial charge on any atom is 0.319 e. The highest BCUT2D eigenvalue weighted by Crippen LogP contribution is 2.26. The number of piperidine rings is 2. The number of amides is 3. The van der Waals surface area contributed by atoms with Gasteiger partial charge in [-0.15, -0.1) is 0 Å². The van der Waals surface area contributed by atoms with E-state index in [-0.39, 0.29) is 23.8 Å². The third kappa shape index (κ3) is 6.38. The Kier molecular flexibility index (Phi) is 7.70. The van der Waals surface area contributed by atoms with Gasteiger partial charge in [0.2, 0.25) is 5.91 Å². The molecule has 8 heteroatoms. The fraction of sp³-hybridized carbons (Fsp3) is 0.480. The van der Waals surface area contributed by atoms with Gasteiger partial charge in [-0.2, -0.15) is 0 Å². The topological polar surface area (TPSA) is 77.6 Å². The van der Waals surface area contributed by atoms with Crippen LogP contribution in [0.25, 0.3) is 0 Å². The predicted molar refractivity (Wildman–Crippen MR) is 132 cm³/mol. The van der Waals surface area contributed by atoms with Crippen molar-refractivity contribution in [2.45, 2.75) is 32.6 Å². The summed E-state index contributed by atoms with van der Waals surface area (Å²) in [4.78, 5) is 34.0. The Balaban J connectivity index is 1.22. The quantitative estimate of drug-likeness (QED) is 0.683. The van der Waals surface area contributed by atoms with Crippen molar-refractivity contribution in [1.29, 1.82) is 0 Å². The van der Waals surface area contributed by atoms with Gasteiger partial charge in [0.15, 0.2) is 0 Å². The Hall–Kier alpha value is -2.80. The van der Waals surface area contributed by atoms with Crippen LogP contribution in [-0.4, -0.2) is 54.5 Å². The molecular formula is C25H32ClN5O2. The fourth-order valence-electron chi connectivity index (χ4n) is 4.65. The Morgan fingerprint density at radius 2 is 1.82 bits per heavy atom. The second kappa shape index (κ2) is 10.9. The number of hydrogen-bond acceptors (Lipinski definition) is 4. The lowest BCUT2D eigenvalue weighted by Gasteiger charge is -2.38. The minimum absolute atomic E-state index is 0.0603. The Morgan fingerprint density at radius 1 is 1.06 bits per heavy atom. The van der Waals surface area contributed by atoms with Crippen LogP contribution >= 0.6 is 11.6 Å². The standard InChI is InChI=1S/C25H32ClN5O2/c1-18-4-7-22(8-5-18)29-25(33)28-15-19-3-2-12-31(17-19)24(32)20-10-13-30(14-11-20)23-9-6-21(26)16-27-23/h4-9,16,19-20H,2-3,10-15,17H2,1H3,(H2,28,29,33). The van der Waals surface area contributed by atoms with Crippen LogP contribution in [0.2, 0.25) is 5.02 Å². The average Bonchev–Trinajstić information content (AvgIpc) is 2.84. The van der Waals surface area contributed by atoms with E-state index in [1.807, 2.05) is 48.2 Å². The highest BCUT2D eigenvalue weighted by atomic mass is 35.5. The summed E-state index contributed by atoms with van der Waals surface area (Å²) in [5.74, 6) is 1.51. The summed E-state index contributed by atoms with van der Waals surface area (Å²) in [6, 6.07) is 11.3. The second-order valence-corrected chi connectivity index (χ2v) is 9.53. The van der Waals surface area contributed by atoms with E-state index in [9.17, 15) is 9.59 Å². The number of carbonyl (C=O) groups excluding carboxylic acids is 2. The van der Waals surface area contributed by atoms with Crippen molar-refractivity contribution in [3.8, 4) is 0 Å². The van der Waals surface area contributed by atoms with E-state index in [1.165, 1.54) is 0 Å². The zero-order chi connectivity index (χ0) is 23.2. The molecule has 176 valence electrons. The zero-order valence-corrected chi connectivity index (χ0v) is 19.9. The molecule has 2 N–H and O–H groups in total. The highest BCUT2D eigenvalue weighted by Gasteiger charge is 2.31. The van der Waals surface area contributed by atoms with E-state index >= 15 is 0 Å². The smallest absolute Gasteiger partial charge is 0.319 e. The lowest BCUT2D eigenvalue weighted by Crippen LogP contribution is -2.48. The summed E-state index contributed by atoms with van der Waals surface area (Å²) in [5.41, 5.74) is 1.93. The average molecular weight is 470 g/mol. The number of hydrogen-bond donors (Lipinski definition) is 2. The van der Waals surface area contributed by atoms with Crippen molar-refractivity contribution in [2.75, 3.05) is 42.9 Å². The van der Waals surface area contributed by atoms with Crippen molar-refractivity contribution < 1.29 is 9.59 Å². The second-order valence-electron chi connectivity index (χ2n) is 9.09. The molecule has 3 heterocycles. The number of urea groups is 1. The molecule has 2 aliphatic rings. The summed E-state index contributed by atoms with van der Waals surface area (Å²) in [6.07, 6.45) is 5.33. The molecule has 4 rings (SSSR count). The van der Waals surface area contributed by atoms with Crippen LogP contribution in [0, 0.1) is 18.8 Å². The number of anilines is 2. The molecule has 1 aromatic heterocycles. The van der Waals surface area contributed by atoms with Crippen molar-refractivity contribution >= 4 is 35.0 Å². The molecule has 2 aliphatic heterocycles. The highest BCUT2D eigenvalue weighted by molar-refractivity contribution is 6.30. The van der Waals surface area contributed by atoms with E-state index in [0.29, 0.717) is 18.1 Å². The SMILES string of the molecule is Cc1ccc(NC(=O)NCC2CCCN(C(=O)C3CCN(c4ccc(Cl)cn4)CC3)C2)cc1. The molecule has 0 aliphatic carbocycles. The summed E-state index contributed by atoms with van der Waals surface area (Å²) < 4.78 is 0. The van der Waals surface area contributed by atoms with Gasteiger partial charge in [-0.25, -0.2) is 9.78 Å². The normalized spacial score (nSPS) is 19.3. The number of nitrogens with one attached hydrogen (secondary N) is 2. The van der Waals surface area contributed by atoms with E-state index in [0.717, 1.165) is 62.4 Å². The number of halogens is 1.